The van der Waals surface area contributed by atoms with Crippen LogP contribution in [0.5, 0.6) is 0 Å². The molecule has 0 saturated carbocycles. The van der Waals surface area contributed by atoms with Crippen molar-refractivity contribution in [3.05, 3.63) is 101 Å². The first-order chi connectivity index (χ1) is 12.1. The van der Waals surface area contributed by atoms with Crippen LogP contribution < -0.4 is 5.32 Å². The molecule has 3 aromatic carbocycles. The first kappa shape index (κ1) is 17.0. The molecular weight excluding hydrogens is 306 g/mol. The Labute approximate surface area is 149 Å². The second-order valence-electron chi connectivity index (χ2n) is 6.47. The predicted molar refractivity (Wildman–Crippen MR) is 104 cm³/mol. The highest BCUT2D eigenvalue weighted by molar-refractivity contribution is 5.96. The number of anilines is 1. The molecule has 0 amide bonds. The average Bonchev–Trinajstić information content (AvgIpc) is 2.64. The Morgan fingerprint density at radius 1 is 0.800 bits per heavy atom. The van der Waals surface area contributed by atoms with Crippen molar-refractivity contribution in [3.8, 4) is 0 Å². The minimum atomic E-state index is -0.0592. The predicted octanol–water partition coefficient (Wildman–Crippen LogP) is 5.73. The molecule has 2 heteroatoms. The molecule has 0 aromatic heterocycles. The quantitative estimate of drug-likeness (QED) is 0.585. The zero-order chi connectivity index (χ0) is 17.6. The molecule has 1 atom stereocenters. The van der Waals surface area contributed by atoms with Gasteiger partial charge in [-0.25, -0.2) is 0 Å². The number of hydrogen-bond acceptors (Lipinski definition) is 2. The Morgan fingerprint density at radius 2 is 1.36 bits per heavy atom. The molecule has 0 aliphatic rings. The third-order valence-corrected chi connectivity index (χ3v) is 4.36. The van der Waals surface area contributed by atoms with Crippen LogP contribution in [0.25, 0.3) is 0 Å². The molecule has 1 N–H and O–H groups in total. The second-order valence-corrected chi connectivity index (χ2v) is 6.47. The third-order valence-electron chi connectivity index (χ3n) is 4.36. The van der Waals surface area contributed by atoms with Crippen molar-refractivity contribution >= 4 is 11.5 Å². The summed E-state index contributed by atoms with van der Waals surface area (Å²) in [5.41, 5.74) is 5.34. The van der Waals surface area contributed by atoms with Crippen LogP contribution in [0.4, 0.5) is 5.69 Å². The lowest BCUT2D eigenvalue weighted by Gasteiger charge is -2.20. The Bertz CT molecular complexity index is 820. The van der Waals surface area contributed by atoms with Gasteiger partial charge in [0.15, 0.2) is 5.78 Å². The van der Waals surface area contributed by atoms with Gasteiger partial charge in [0.05, 0.1) is 6.04 Å². The summed E-state index contributed by atoms with van der Waals surface area (Å²) >= 11 is 0. The first-order valence-corrected chi connectivity index (χ1v) is 8.60. The van der Waals surface area contributed by atoms with Crippen molar-refractivity contribution in [2.24, 2.45) is 0 Å². The summed E-state index contributed by atoms with van der Waals surface area (Å²) in [6.07, 6.45) is 0.418. The standard InChI is InChI=1S/C23H23NO/c1-17-8-12-19(13-9-17)22(24-21-14-10-18(2)11-15-21)16-23(25)20-6-4-3-5-7-20/h3-15,22,24H,16H2,1-2H3. The fourth-order valence-corrected chi connectivity index (χ4v) is 2.83. The van der Waals surface area contributed by atoms with E-state index >= 15 is 0 Å². The topological polar surface area (TPSA) is 29.1 Å². The van der Waals surface area contributed by atoms with Crippen molar-refractivity contribution in [1.29, 1.82) is 0 Å². The van der Waals surface area contributed by atoms with Gasteiger partial charge in [-0.05, 0) is 31.5 Å². The van der Waals surface area contributed by atoms with Gasteiger partial charge >= 0.3 is 0 Å². The molecule has 0 fully saturated rings. The number of benzene rings is 3. The molecule has 0 heterocycles. The number of hydrogen-bond donors (Lipinski definition) is 1. The average molecular weight is 329 g/mol. The summed E-state index contributed by atoms with van der Waals surface area (Å²) in [6.45, 7) is 4.14. The molecule has 1 unspecified atom stereocenters. The van der Waals surface area contributed by atoms with E-state index in [0.29, 0.717) is 6.42 Å². The van der Waals surface area contributed by atoms with Gasteiger partial charge < -0.3 is 5.32 Å². The first-order valence-electron chi connectivity index (χ1n) is 8.60. The number of aryl methyl sites for hydroxylation is 2. The van der Waals surface area contributed by atoms with Crippen molar-refractivity contribution < 1.29 is 4.79 Å². The summed E-state index contributed by atoms with van der Waals surface area (Å²) in [6, 6.07) is 26.1. The Hall–Kier alpha value is -2.87. The fourth-order valence-electron chi connectivity index (χ4n) is 2.83. The van der Waals surface area contributed by atoms with Gasteiger partial charge in [0, 0.05) is 17.7 Å². The van der Waals surface area contributed by atoms with Gasteiger partial charge in [-0.15, -0.1) is 0 Å². The number of Topliss-reactive ketones (excluding diaryl/α,β-unsaturated/α-hetero) is 1. The smallest absolute Gasteiger partial charge is 0.165 e. The number of rotatable bonds is 6. The molecule has 2 nitrogen and oxygen atoms in total. The monoisotopic (exact) mass is 329 g/mol. The maximum Gasteiger partial charge on any atom is 0.165 e. The van der Waals surface area contributed by atoms with Crippen LogP contribution in [-0.4, -0.2) is 5.78 Å². The number of ketones is 1. The normalized spacial score (nSPS) is 11.8. The van der Waals surface area contributed by atoms with Gasteiger partial charge in [-0.3, -0.25) is 4.79 Å². The Morgan fingerprint density at radius 3 is 1.96 bits per heavy atom. The van der Waals surface area contributed by atoms with Gasteiger partial charge in [0.25, 0.3) is 0 Å². The zero-order valence-corrected chi connectivity index (χ0v) is 14.7. The van der Waals surface area contributed by atoms with Crippen LogP contribution in [-0.2, 0) is 0 Å². The molecule has 3 rings (SSSR count). The maximum atomic E-state index is 12.7. The number of nitrogens with one attached hydrogen (secondary N) is 1. The van der Waals surface area contributed by atoms with E-state index in [1.165, 1.54) is 11.1 Å². The van der Waals surface area contributed by atoms with E-state index < -0.39 is 0 Å². The van der Waals surface area contributed by atoms with E-state index in [2.05, 4.69) is 67.7 Å². The van der Waals surface area contributed by atoms with Crippen LogP contribution in [0.2, 0.25) is 0 Å². The van der Waals surface area contributed by atoms with Crippen LogP contribution in [0, 0.1) is 13.8 Å². The molecule has 25 heavy (non-hydrogen) atoms. The SMILES string of the molecule is Cc1ccc(NC(CC(=O)c2ccccc2)c2ccc(C)cc2)cc1. The van der Waals surface area contributed by atoms with Gasteiger partial charge in [0.2, 0.25) is 0 Å². The van der Waals surface area contributed by atoms with Crippen LogP contribution >= 0.6 is 0 Å². The van der Waals surface area contributed by atoms with Gasteiger partial charge in [-0.1, -0.05) is 77.9 Å². The van der Waals surface area contributed by atoms with Crippen LogP contribution in [0.3, 0.4) is 0 Å². The summed E-state index contributed by atoms with van der Waals surface area (Å²) in [5.74, 6) is 0.144. The minimum absolute atomic E-state index is 0.0592. The maximum absolute atomic E-state index is 12.7. The molecular formula is C23H23NO. The van der Waals surface area contributed by atoms with E-state index in [4.69, 9.17) is 0 Å². The van der Waals surface area contributed by atoms with Gasteiger partial charge in [0.1, 0.15) is 0 Å². The molecule has 0 radical (unpaired) electrons. The molecule has 0 aliphatic heterocycles. The van der Waals surface area contributed by atoms with E-state index in [0.717, 1.165) is 16.8 Å². The highest BCUT2D eigenvalue weighted by Crippen LogP contribution is 2.25. The van der Waals surface area contributed by atoms with E-state index in [9.17, 15) is 4.79 Å². The summed E-state index contributed by atoms with van der Waals surface area (Å²) in [4.78, 5) is 12.7. The van der Waals surface area contributed by atoms with Crippen molar-refractivity contribution in [2.75, 3.05) is 5.32 Å². The lowest BCUT2D eigenvalue weighted by molar-refractivity contribution is 0.0976. The summed E-state index contributed by atoms with van der Waals surface area (Å²) in [5, 5.41) is 3.52. The van der Waals surface area contributed by atoms with Crippen LogP contribution in [0.1, 0.15) is 39.5 Å². The van der Waals surface area contributed by atoms with E-state index in [1.807, 2.05) is 30.3 Å². The van der Waals surface area contributed by atoms with Crippen molar-refractivity contribution in [1.82, 2.24) is 0 Å². The molecule has 0 saturated heterocycles. The lowest BCUT2D eigenvalue weighted by atomic mass is 9.97. The molecule has 0 spiro atoms. The zero-order valence-electron chi connectivity index (χ0n) is 14.7. The second kappa shape index (κ2) is 7.80. The lowest BCUT2D eigenvalue weighted by Crippen LogP contribution is -2.16. The number of carbonyl (C=O) groups excluding carboxylic acids is 1. The van der Waals surface area contributed by atoms with Gasteiger partial charge in [-0.2, -0.15) is 0 Å². The molecule has 0 aliphatic carbocycles. The van der Waals surface area contributed by atoms with E-state index in [1.54, 1.807) is 0 Å². The summed E-state index contributed by atoms with van der Waals surface area (Å²) < 4.78 is 0. The minimum Gasteiger partial charge on any atom is -0.378 e. The van der Waals surface area contributed by atoms with E-state index in [-0.39, 0.29) is 11.8 Å². The number of carbonyl (C=O) groups is 1. The largest absolute Gasteiger partial charge is 0.378 e. The highest BCUT2D eigenvalue weighted by Gasteiger charge is 2.17. The Kier molecular flexibility index (Phi) is 5.30. The third kappa shape index (κ3) is 4.57. The molecule has 126 valence electrons. The highest BCUT2D eigenvalue weighted by atomic mass is 16.1. The molecule has 0 bridgehead atoms. The Balaban J connectivity index is 1.84. The molecule has 3 aromatic rings. The van der Waals surface area contributed by atoms with Crippen molar-refractivity contribution in [3.63, 3.8) is 0 Å². The van der Waals surface area contributed by atoms with Crippen molar-refractivity contribution in [2.45, 2.75) is 26.3 Å². The van der Waals surface area contributed by atoms with Crippen LogP contribution in [0.15, 0.2) is 78.9 Å². The fraction of sp³-hybridized carbons (Fsp3) is 0.174. The summed E-state index contributed by atoms with van der Waals surface area (Å²) in [7, 11) is 0.